The fourth-order valence-electron chi connectivity index (χ4n) is 3.15. The van der Waals surface area contributed by atoms with Crippen molar-refractivity contribution in [3.05, 3.63) is 72.3 Å². The van der Waals surface area contributed by atoms with Crippen molar-refractivity contribution in [3.8, 4) is 5.75 Å². The molecule has 3 heteroatoms. The predicted octanol–water partition coefficient (Wildman–Crippen LogP) is 3.04. The second kappa shape index (κ2) is 4.48. The molecule has 2 atom stereocenters. The number of ether oxygens (including phenoxy) is 1. The summed E-state index contributed by atoms with van der Waals surface area (Å²) in [5, 5.41) is 0. The molecule has 2 aromatic carbocycles. The lowest BCUT2D eigenvalue weighted by molar-refractivity contribution is -0.163. The van der Waals surface area contributed by atoms with Crippen molar-refractivity contribution in [2.45, 2.75) is 12.1 Å². The van der Waals surface area contributed by atoms with Crippen LogP contribution in [0.15, 0.2) is 61.2 Å². The number of carbonyl (C=O) groups excluding carboxylic acids is 1. The molecule has 0 bridgehead atoms. The maximum absolute atomic E-state index is 12.3. The highest BCUT2D eigenvalue weighted by molar-refractivity contribution is 5.93. The van der Waals surface area contributed by atoms with E-state index < -0.39 is 6.10 Å². The van der Waals surface area contributed by atoms with E-state index in [0.717, 1.165) is 22.4 Å². The fourth-order valence-corrected chi connectivity index (χ4v) is 3.15. The van der Waals surface area contributed by atoms with Crippen molar-refractivity contribution < 1.29 is 9.53 Å². The minimum absolute atomic E-state index is 0.000550. The van der Waals surface area contributed by atoms with Crippen molar-refractivity contribution >= 4 is 11.5 Å². The first-order valence-electron chi connectivity index (χ1n) is 7.05. The lowest BCUT2D eigenvalue weighted by Gasteiger charge is -2.50. The van der Waals surface area contributed by atoms with Gasteiger partial charge in [0, 0.05) is 6.54 Å². The lowest BCUT2D eigenvalue weighted by Crippen LogP contribution is -2.62. The number of carbonyl (C=O) groups is 1. The molecule has 0 radical (unpaired) electrons. The Hall–Kier alpha value is -2.55. The summed E-state index contributed by atoms with van der Waals surface area (Å²) in [6.07, 6.45) is -0.429. The highest BCUT2D eigenvalue weighted by atomic mass is 16.5. The molecule has 1 saturated heterocycles. The van der Waals surface area contributed by atoms with Crippen LogP contribution < -0.4 is 4.74 Å². The van der Waals surface area contributed by atoms with Crippen molar-refractivity contribution in [3.63, 3.8) is 0 Å². The average molecular weight is 277 g/mol. The van der Waals surface area contributed by atoms with Crippen LogP contribution in [-0.4, -0.2) is 23.5 Å². The number of rotatable bonds is 2. The molecule has 2 aliphatic rings. The lowest BCUT2D eigenvalue weighted by atomic mass is 9.81. The first-order valence-corrected chi connectivity index (χ1v) is 7.05. The van der Waals surface area contributed by atoms with Gasteiger partial charge in [0.15, 0.2) is 0 Å². The van der Waals surface area contributed by atoms with Crippen LogP contribution in [0.2, 0.25) is 0 Å². The Bertz CT molecular complexity index is 723. The van der Waals surface area contributed by atoms with Gasteiger partial charge in [-0.15, -0.1) is 0 Å². The van der Waals surface area contributed by atoms with E-state index in [2.05, 4.69) is 18.7 Å². The molecule has 0 saturated carbocycles. The van der Waals surface area contributed by atoms with E-state index >= 15 is 0 Å². The zero-order valence-corrected chi connectivity index (χ0v) is 11.5. The van der Waals surface area contributed by atoms with Crippen LogP contribution in [0.4, 0.5) is 0 Å². The van der Waals surface area contributed by atoms with Crippen LogP contribution in [0.5, 0.6) is 5.75 Å². The third kappa shape index (κ3) is 1.77. The molecule has 0 N–H and O–H groups in total. The molecule has 1 fully saturated rings. The van der Waals surface area contributed by atoms with E-state index in [1.165, 1.54) is 0 Å². The summed E-state index contributed by atoms with van der Waals surface area (Å²) >= 11 is 0. The summed E-state index contributed by atoms with van der Waals surface area (Å²) < 4.78 is 5.90. The number of amides is 1. The second-order valence-corrected chi connectivity index (χ2v) is 5.45. The van der Waals surface area contributed by atoms with Gasteiger partial charge in [-0.05, 0) is 28.8 Å². The second-order valence-electron chi connectivity index (χ2n) is 5.45. The van der Waals surface area contributed by atoms with Gasteiger partial charge >= 0.3 is 0 Å². The largest absolute Gasteiger partial charge is 0.478 e. The van der Waals surface area contributed by atoms with Gasteiger partial charge in [0.25, 0.3) is 5.91 Å². The maximum Gasteiger partial charge on any atom is 0.267 e. The molecule has 0 aromatic heterocycles. The van der Waals surface area contributed by atoms with E-state index in [-0.39, 0.29) is 11.9 Å². The Balaban J connectivity index is 1.69. The van der Waals surface area contributed by atoms with Crippen LogP contribution in [0.3, 0.4) is 0 Å². The van der Waals surface area contributed by atoms with E-state index in [0.29, 0.717) is 6.54 Å². The third-order valence-electron chi connectivity index (χ3n) is 4.18. The first-order chi connectivity index (χ1) is 10.3. The number of nitrogens with zero attached hydrogens (tertiary/aromatic N) is 1. The van der Waals surface area contributed by atoms with E-state index in [4.69, 9.17) is 4.74 Å². The van der Waals surface area contributed by atoms with E-state index in [1.54, 1.807) is 0 Å². The van der Waals surface area contributed by atoms with Crippen LogP contribution in [0.25, 0.3) is 5.57 Å². The monoisotopic (exact) mass is 277 g/mol. The normalized spacial score (nSPS) is 23.1. The van der Waals surface area contributed by atoms with E-state index in [1.807, 2.05) is 47.4 Å². The molecule has 4 rings (SSSR count). The molecule has 104 valence electrons. The number of para-hydroxylation sites is 1. The Morgan fingerprint density at radius 3 is 2.57 bits per heavy atom. The number of hydrogen-bond acceptors (Lipinski definition) is 2. The van der Waals surface area contributed by atoms with Crippen LogP contribution >= 0.6 is 0 Å². The van der Waals surface area contributed by atoms with Crippen molar-refractivity contribution in [2.75, 3.05) is 6.54 Å². The molecule has 0 aliphatic carbocycles. The molecule has 2 heterocycles. The van der Waals surface area contributed by atoms with E-state index in [9.17, 15) is 4.79 Å². The summed E-state index contributed by atoms with van der Waals surface area (Å²) in [4.78, 5) is 14.2. The minimum atomic E-state index is -0.429. The van der Waals surface area contributed by atoms with Crippen LogP contribution in [0, 0.1) is 0 Å². The standard InChI is InChI=1S/C18H15NO2/c1-12-11-19-16(15-10-6-5-9-14(12)15)17(18(19)20)21-13-7-3-2-4-8-13/h2-10,16-17H,1,11H2/t16-,17+/m0/s1. The van der Waals surface area contributed by atoms with Gasteiger partial charge in [0.2, 0.25) is 6.10 Å². The SMILES string of the molecule is C=C1CN2C(=O)[C@H](Oc3ccccc3)[C@@H]2c2ccccc21. The molecular weight excluding hydrogens is 262 g/mol. The molecule has 2 aliphatic heterocycles. The van der Waals surface area contributed by atoms with Gasteiger partial charge in [-0.2, -0.15) is 0 Å². The zero-order valence-electron chi connectivity index (χ0n) is 11.5. The van der Waals surface area contributed by atoms with Gasteiger partial charge in [-0.25, -0.2) is 0 Å². The number of β-lactam (4-membered cyclic amide) rings is 1. The van der Waals surface area contributed by atoms with Gasteiger partial charge in [-0.3, -0.25) is 4.79 Å². The maximum atomic E-state index is 12.3. The zero-order chi connectivity index (χ0) is 14.4. The van der Waals surface area contributed by atoms with Crippen molar-refractivity contribution in [1.29, 1.82) is 0 Å². The molecular formula is C18H15NO2. The Kier molecular flexibility index (Phi) is 2.61. The quantitative estimate of drug-likeness (QED) is 0.790. The molecule has 2 aromatic rings. The highest BCUT2D eigenvalue weighted by Gasteiger charge is 2.52. The number of hydrogen-bond donors (Lipinski definition) is 0. The number of benzene rings is 2. The molecule has 0 unspecified atom stereocenters. The Labute approximate surface area is 123 Å². The molecule has 0 spiro atoms. The average Bonchev–Trinajstić information content (AvgIpc) is 2.54. The minimum Gasteiger partial charge on any atom is -0.478 e. The fraction of sp³-hybridized carbons (Fsp3) is 0.167. The van der Waals surface area contributed by atoms with Crippen molar-refractivity contribution in [1.82, 2.24) is 4.90 Å². The molecule has 3 nitrogen and oxygen atoms in total. The first kappa shape index (κ1) is 12.2. The van der Waals surface area contributed by atoms with Crippen LogP contribution in [-0.2, 0) is 4.79 Å². The third-order valence-corrected chi connectivity index (χ3v) is 4.18. The summed E-state index contributed by atoms with van der Waals surface area (Å²) in [7, 11) is 0. The Morgan fingerprint density at radius 1 is 1.05 bits per heavy atom. The predicted molar refractivity (Wildman–Crippen MR) is 80.8 cm³/mol. The van der Waals surface area contributed by atoms with Gasteiger partial charge in [0.1, 0.15) is 11.8 Å². The highest BCUT2D eigenvalue weighted by Crippen LogP contribution is 2.44. The topological polar surface area (TPSA) is 29.5 Å². The summed E-state index contributed by atoms with van der Waals surface area (Å²) in [5.74, 6) is 0.775. The summed E-state index contributed by atoms with van der Waals surface area (Å²) in [5.41, 5.74) is 3.27. The van der Waals surface area contributed by atoms with Gasteiger partial charge < -0.3 is 9.64 Å². The van der Waals surface area contributed by atoms with Gasteiger partial charge in [-0.1, -0.05) is 49.0 Å². The summed E-state index contributed by atoms with van der Waals surface area (Å²) in [6, 6.07) is 17.6. The smallest absolute Gasteiger partial charge is 0.267 e. The van der Waals surface area contributed by atoms with Gasteiger partial charge in [0.05, 0.1) is 0 Å². The Morgan fingerprint density at radius 2 is 1.76 bits per heavy atom. The number of fused-ring (bicyclic) bond motifs is 3. The van der Waals surface area contributed by atoms with Crippen molar-refractivity contribution in [2.24, 2.45) is 0 Å². The van der Waals surface area contributed by atoms with Crippen LogP contribution in [0.1, 0.15) is 17.2 Å². The molecule has 1 amide bonds. The molecule has 21 heavy (non-hydrogen) atoms. The summed E-state index contributed by atoms with van der Waals surface area (Å²) in [6.45, 7) is 4.68.